The van der Waals surface area contributed by atoms with E-state index in [2.05, 4.69) is 22.6 Å². The SMILES string of the molecule is COc1cc(/C=C/C(=O)O)ccc1OCc1ccc(I)cc1. The summed E-state index contributed by atoms with van der Waals surface area (Å²) in [6, 6.07) is 13.4. The normalized spacial score (nSPS) is 10.6. The molecule has 2 aromatic carbocycles. The Hall–Kier alpha value is -2.02. The van der Waals surface area contributed by atoms with Gasteiger partial charge in [-0.25, -0.2) is 4.79 Å². The Labute approximate surface area is 142 Å². The fraction of sp³-hybridized carbons (Fsp3) is 0.118. The maximum absolute atomic E-state index is 10.5. The predicted molar refractivity (Wildman–Crippen MR) is 93.2 cm³/mol. The summed E-state index contributed by atoms with van der Waals surface area (Å²) in [5.41, 5.74) is 1.80. The summed E-state index contributed by atoms with van der Waals surface area (Å²) < 4.78 is 12.2. The number of benzene rings is 2. The molecule has 5 heteroatoms. The number of methoxy groups -OCH3 is 1. The zero-order valence-electron chi connectivity index (χ0n) is 12.0. The second-order valence-electron chi connectivity index (χ2n) is 4.50. The van der Waals surface area contributed by atoms with E-state index in [-0.39, 0.29) is 0 Å². The summed E-state index contributed by atoms with van der Waals surface area (Å²) in [6.45, 7) is 0.442. The van der Waals surface area contributed by atoms with Crippen molar-refractivity contribution in [1.82, 2.24) is 0 Å². The molecule has 0 saturated heterocycles. The first-order valence-corrected chi connectivity index (χ1v) is 7.62. The molecule has 0 radical (unpaired) electrons. The fourth-order valence-electron chi connectivity index (χ4n) is 1.82. The van der Waals surface area contributed by atoms with Gasteiger partial charge in [0, 0.05) is 9.65 Å². The van der Waals surface area contributed by atoms with Crippen LogP contribution in [-0.2, 0) is 11.4 Å². The Morgan fingerprint density at radius 3 is 2.55 bits per heavy atom. The van der Waals surface area contributed by atoms with E-state index in [4.69, 9.17) is 14.6 Å². The molecule has 0 aliphatic heterocycles. The van der Waals surface area contributed by atoms with Gasteiger partial charge < -0.3 is 14.6 Å². The van der Waals surface area contributed by atoms with E-state index >= 15 is 0 Å². The average molecular weight is 410 g/mol. The van der Waals surface area contributed by atoms with Gasteiger partial charge in [0.25, 0.3) is 0 Å². The second kappa shape index (κ2) is 7.84. The van der Waals surface area contributed by atoms with Crippen molar-refractivity contribution in [2.24, 2.45) is 0 Å². The number of carbonyl (C=O) groups is 1. The lowest BCUT2D eigenvalue weighted by atomic mass is 10.2. The quantitative estimate of drug-likeness (QED) is 0.579. The first kappa shape index (κ1) is 16.4. The van der Waals surface area contributed by atoms with Crippen molar-refractivity contribution in [3.8, 4) is 11.5 Å². The third-order valence-electron chi connectivity index (χ3n) is 2.91. The van der Waals surface area contributed by atoms with Gasteiger partial charge in [-0.05, 0) is 64.1 Å². The minimum Gasteiger partial charge on any atom is -0.493 e. The Kier molecular flexibility index (Phi) is 5.83. The van der Waals surface area contributed by atoms with Crippen LogP contribution in [0.1, 0.15) is 11.1 Å². The number of aliphatic carboxylic acids is 1. The topological polar surface area (TPSA) is 55.8 Å². The summed E-state index contributed by atoms with van der Waals surface area (Å²) in [7, 11) is 1.55. The Morgan fingerprint density at radius 1 is 1.18 bits per heavy atom. The van der Waals surface area contributed by atoms with Crippen LogP contribution >= 0.6 is 22.6 Å². The van der Waals surface area contributed by atoms with Crippen LogP contribution < -0.4 is 9.47 Å². The van der Waals surface area contributed by atoms with Crippen LogP contribution in [0, 0.1) is 3.57 Å². The molecule has 0 aromatic heterocycles. The van der Waals surface area contributed by atoms with Crippen molar-refractivity contribution in [2.45, 2.75) is 6.61 Å². The molecule has 2 aromatic rings. The Bertz CT molecular complexity index is 678. The maximum Gasteiger partial charge on any atom is 0.328 e. The van der Waals surface area contributed by atoms with Crippen LogP contribution in [-0.4, -0.2) is 18.2 Å². The lowest BCUT2D eigenvalue weighted by Crippen LogP contribution is -1.98. The van der Waals surface area contributed by atoms with Gasteiger partial charge in [0.15, 0.2) is 11.5 Å². The summed E-state index contributed by atoms with van der Waals surface area (Å²) in [5, 5.41) is 8.64. The molecule has 0 unspecified atom stereocenters. The van der Waals surface area contributed by atoms with Crippen molar-refractivity contribution in [2.75, 3.05) is 7.11 Å². The van der Waals surface area contributed by atoms with Gasteiger partial charge >= 0.3 is 5.97 Å². The molecule has 0 spiro atoms. The molecular weight excluding hydrogens is 395 g/mol. The van der Waals surface area contributed by atoms with Crippen LogP contribution in [0.2, 0.25) is 0 Å². The van der Waals surface area contributed by atoms with Gasteiger partial charge in [-0.2, -0.15) is 0 Å². The fourth-order valence-corrected chi connectivity index (χ4v) is 2.18. The molecule has 0 saturated carbocycles. The summed E-state index contributed by atoms with van der Waals surface area (Å²) in [5.74, 6) is 0.199. The molecule has 22 heavy (non-hydrogen) atoms. The monoisotopic (exact) mass is 410 g/mol. The van der Waals surface area contributed by atoms with Gasteiger partial charge in [0.05, 0.1) is 7.11 Å². The standard InChI is InChI=1S/C17H15IO4/c1-21-16-10-12(5-9-17(19)20)4-8-15(16)22-11-13-2-6-14(18)7-3-13/h2-10H,11H2,1H3,(H,19,20)/b9-5+. The van der Waals surface area contributed by atoms with Gasteiger partial charge in [-0.15, -0.1) is 0 Å². The number of rotatable bonds is 6. The summed E-state index contributed by atoms with van der Waals surface area (Å²) in [4.78, 5) is 10.5. The first-order chi connectivity index (χ1) is 10.6. The third kappa shape index (κ3) is 4.77. The van der Waals surface area contributed by atoms with E-state index in [0.717, 1.165) is 17.2 Å². The molecule has 0 bridgehead atoms. The van der Waals surface area contributed by atoms with Crippen LogP contribution in [0.4, 0.5) is 0 Å². The molecule has 0 aliphatic rings. The lowest BCUT2D eigenvalue weighted by molar-refractivity contribution is -0.131. The van der Waals surface area contributed by atoms with E-state index in [1.54, 1.807) is 25.3 Å². The zero-order valence-corrected chi connectivity index (χ0v) is 14.1. The highest BCUT2D eigenvalue weighted by Gasteiger charge is 2.05. The average Bonchev–Trinajstić information content (AvgIpc) is 2.52. The van der Waals surface area contributed by atoms with Crippen molar-refractivity contribution in [3.63, 3.8) is 0 Å². The third-order valence-corrected chi connectivity index (χ3v) is 3.63. The molecule has 0 aliphatic carbocycles. The predicted octanol–water partition coefficient (Wildman–Crippen LogP) is 3.98. The van der Waals surface area contributed by atoms with E-state index in [9.17, 15) is 4.79 Å². The van der Waals surface area contributed by atoms with Gasteiger partial charge in [0.1, 0.15) is 6.61 Å². The number of hydrogen-bond acceptors (Lipinski definition) is 3. The van der Waals surface area contributed by atoms with Crippen molar-refractivity contribution in [3.05, 3.63) is 63.2 Å². The van der Waals surface area contributed by atoms with Crippen molar-refractivity contribution in [1.29, 1.82) is 0 Å². The van der Waals surface area contributed by atoms with E-state index in [1.807, 2.05) is 24.3 Å². The van der Waals surface area contributed by atoms with Gasteiger partial charge in [-0.1, -0.05) is 18.2 Å². The molecule has 0 heterocycles. The second-order valence-corrected chi connectivity index (χ2v) is 5.74. The number of halogens is 1. The molecule has 4 nitrogen and oxygen atoms in total. The van der Waals surface area contributed by atoms with Crippen LogP contribution in [0.25, 0.3) is 6.08 Å². The molecular formula is C17H15IO4. The Morgan fingerprint density at radius 2 is 1.91 bits per heavy atom. The van der Waals surface area contributed by atoms with E-state index < -0.39 is 5.97 Å². The summed E-state index contributed by atoms with van der Waals surface area (Å²) >= 11 is 2.25. The Balaban J connectivity index is 2.10. The highest BCUT2D eigenvalue weighted by atomic mass is 127. The van der Waals surface area contributed by atoms with Gasteiger partial charge in [0.2, 0.25) is 0 Å². The highest BCUT2D eigenvalue weighted by Crippen LogP contribution is 2.29. The van der Waals surface area contributed by atoms with Gasteiger partial charge in [-0.3, -0.25) is 0 Å². The van der Waals surface area contributed by atoms with E-state index in [1.165, 1.54) is 9.65 Å². The van der Waals surface area contributed by atoms with Crippen LogP contribution in [0.15, 0.2) is 48.5 Å². The van der Waals surface area contributed by atoms with Crippen molar-refractivity contribution < 1.29 is 19.4 Å². The molecule has 0 amide bonds. The largest absolute Gasteiger partial charge is 0.493 e. The summed E-state index contributed by atoms with van der Waals surface area (Å²) in [6.07, 6.45) is 2.59. The molecule has 114 valence electrons. The molecule has 1 N–H and O–H groups in total. The lowest BCUT2D eigenvalue weighted by Gasteiger charge is -2.11. The minimum atomic E-state index is -0.988. The van der Waals surface area contributed by atoms with E-state index in [0.29, 0.717) is 18.1 Å². The maximum atomic E-state index is 10.5. The van der Waals surface area contributed by atoms with Crippen LogP contribution in [0.5, 0.6) is 11.5 Å². The number of ether oxygens (including phenoxy) is 2. The number of hydrogen-bond donors (Lipinski definition) is 1. The molecule has 0 atom stereocenters. The van der Waals surface area contributed by atoms with Crippen LogP contribution in [0.3, 0.4) is 0 Å². The smallest absolute Gasteiger partial charge is 0.328 e. The molecule has 0 fully saturated rings. The number of carboxylic acids is 1. The zero-order chi connectivity index (χ0) is 15.9. The van der Waals surface area contributed by atoms with Crippen molar-refractivity contribution >= 4 is 34.6 Å². The first-order valence-electron chi connectivity index (χ1n) is 6.55. The molecule has 2 rings (SSSR count). The number of carboxylic acid groups (broad SMARTS) is 1. The minimum absolute atomic E-state index is 0.442. The highest BCUT2D eigenvalue weighted by molar-refractivity contribution is 14.1.